The molecule has 3 aromatic rings. The molecule has 0 aliphatic heterocycles. The second-order valence-electron chi connectivity index (χ2n) is 5.88. The normalized spacial score (nSPS) is 10.4. The minimum absolute atomic E-state index is 0.0746. The van der Waals surface area contributed by atoms with E-state index in [2.05, 4.69) is 15.4 Å². The SMILES string of the molecule is CN(C)C(=O)CNC(=O)c1cn(-c2ccccc2)nc1-c1cccnc1. The largest absolute Gasteiger partial charge is 0.347 e. The van der Waals surface area contributed by atoms with Crippen LogP contribution in [0.1, 0.15) is 10.4 Å². The van der Waals surface area contributed by atoms with Crippen molar-refractivity contribution < 1.29 is 9.59 Å². The van der Waals surface area contributed by atoms with Crippen LogP contribution in [0.4, 0.5) is 0 Å². The minimum atomic E-state index is -0.360. The van der Waals surface area contributed by atoms with Gasteiger partial charge in [-0.25, -0.2) is 4.68 Å². The van der Waals surface area contributed by atoms with E-state index in [1.807, 2.05) is 36.4 Å². The molecule has 0 saturated heterocycles. The van der Waals surface area contributed by atoms with E-state index < -0.39 is 0 Å². The Labute approximate surface area is 151 Å². The second kappa shape index (κ2) is 7.60. The van der Waals surface area contributed by atoms with Gasteiger partial charge in [-0.05, 0) is 24.3 Å². The molecule has 2 aromatic heterocycles. The molecule has 0 atom stereocenters. The van der Waals surface area contributed by atoms with E-state index in [9.17, 15) is 9.59 Å². The fraction of sp³-hybridized carbons (Fsp3) is 0.158. The first-order valence-electron chi connectivity index (χ1n) is 8.10. The van der Waals surface area contributed by atoms with Crippen molar-refractivity contribution in [2.24, 2.45) is 0 Å². The molecule has 0 unspecified atom stereocenters. The molecule has 0 fully saturated rings. The summed E-state index contributed by atoms with van der Waals surface area (Å²) in [7, 11) is 3.28. The van der Waals surface area contributed by atoms with Gasteiger partial charge in [-0.3, -0.25) is 14.6 Å². The molecular weight excluding hydrogens is 330 g/mol. The lowest BCUT2D eigenvalue weighted by molar-refractivity contribution is -0.127. The molecule has 0 aliphatic rings. The molecule has 0 aliphatic carbocycles. The van der Waals surface area contributed by atoms with Gasteiger partial charge >= 0.3 is 0 Å². The molecule has 0 radical (unpaired) electrons. The fourth-order valence-electron chi connectivity index (χ4n) is 2.38. The van der Waals surface area contributed by atoms with Gasteiger partial charge in [-0.1, -0.05) is 18.2 Å². The van der Waals surface area contributed by atoms with Crippen molar-refractivity contribution >= 4 is 11.8 Å². The number of para-hydroxylation sites is 1. The third-order valence-electron chi connectivity index (χ3n) is 3.81. The first-order valence-corrected chi connectivity index (χ1v) is 8.10. The van der Waals surface area contributed by atoms with E-state index >= 15 is 0 Å². The Morgan fingerprint density at radius 3 is 2.54 bits per heavy atom. The van der Waals surface area contributed by atoms with Crippen molar-refractivity contribution in [2.75, 3.05) is 20.6 Å². The third-order valence-corrected chi connectivity index (χ3v) is 3.81. The molecule has 2 heterocycles. The summed E-state index contributed by atoms with van der Waals surface area (Å²) in [6, 6.07) is 13.1. The zero-order chi connectivity index (χ0) is 18.5. The van der Waals surface area contributed by atoms with Crippen molar-refractivity contribution in [3.05, 3.63) is 66.6 Å². The number of nitrogens with zero attached hydrogens (tertiary/aromatic N) is 4. The molecule has 1 aromatic carbocycles. The Hall–Kier alpha value is -3.48. The summed E-state index contributed by atoms with van der Waals surface area (Å²) in [4.78, 5) is 29.9. The number of nitrogens with one attached hydrogen (secondary N) is 1. The topological polar surface area (TPSA) is 80.1 Å². The molecule has 132 valence electrons. The number of amides is 2. The van der Waals surface area contributed by atoms with Crippen LogP contribution in [-0.2, 0) is 4.79 Å². The van der Waals surface area contributed by atoms with Gasteiger partial charge in [-0.2, -0.15) is 5.10 Å². The maximum Gasteiger partial charge on any atom is 0.255 e. The molecular formula is C19H19N5O2. The van der Waals surface area contributed by atoms with E-state index in [4.69, 9.17) is 0 Å². The highest BCUT2D eigenvalue weighted by molar-refractivity contribution is 6.01. The van der Waals surface area contributed by atoms with Crippen LogP contribution >= 0.6 is 0 Å². The first-order chi connectivity index (χ1) is 12.6. The predicted molar refractivity (Wildman–Crippen MR) is 97.8 cm³/mol. The summed E-state index contributed by atoms with van der Waals surface area (Å²) in [5.74, 6) is -0.544. The van der Waals surface area contributed by atoms with Crippen LogP contribution in [0, 0.1) is 0 Å². The van der Waals surface area contributed by atoms with Crippen molar-refractivity contribution in [3.8, 4) is 16.9 Å². The number of likely N-dealkylation sites (N-methyl/N-ethyl adjacent to an activating group) is 1. The number of carbonyl (C=O) groups excluding carboxylic acids is 2. The first kappa shape index (κ1) is 17.3. The maximum absolute atomic E-state index is 12.7. The standard InChI is InChI=1S/C19H19N5O2/c1-23(2)17(25)12-21-19(26)16-13-24(15-8-4-3-5-9-15)22-18(16)14-7-6-10-20-11-14/h3-11,13H,12H2,1-2H3,(H,21,26). The van der Waals surface area contributed by atoms with Gasteiger partial charge < -0.3 is 10.2 Å². The van der Waals surface area contributed by atoms with E-state index in [1.165, 1.54) is 4.90 Å². The number of aromatic nitrogens is 3. The summed E-state index contributed by atoms with van der Waals surface area (Å²) >= 11 is 0. The quantitative estimate of drug-likeness (QED) is 0.761. The highest BCUT2D eigenvalue weighted by atomic mass is 16.2. The van der Waals surface area contributed by atoms with Crippen molar-refractivity contribution in [2.45, 2.75) is 0 Å². The lowest BCUT2D eigenvalue weighted by atomic mass is 10.1. The minimum Gasteiger partial charge on any atom is -0.347 e. The van der Waals surface area contributed by atoms with Crippen molar-refractivity contribution in [1.82, 2.24) is 25.0 Å². The lowest BCUT2D eigenvalue weighted by Gasteiger charge is -2.10. The van der Waals surface area contributed by atoms with Crippen LogP contribution in [0.5, 0.6) is 0 Å². The average Bonchev–Trinajstić information content (AvgIpc) is 3.12. The summed E-state index contributed by atoms with van der Waals surface area (Å²) in [5, 5.41) is 7.21. The van der Waals surface area contributed by atoms with E-state index in [1.54, 1.807) is 43.4 Å². The number of hydrogen-bond donors (Lipinski definition) is 1. The molecule has 0 saturated carbocycles. The van der Waals surface area contributed by atoms with E-state index in [-0.39, 0.29) is 18.4 Å². The van der Waals surface area contributed by atoms with Crippen LogP contribution in [0.3, 0.4) is 0 Å². The molecule has 0 bridgehead atoms. The summed E-state index contributed by atoms with van der Waals surface area (Å²) in [6.45, 7) is -0.0746. The Morgan fingerprint density at radius 2 is 1.88 bits per heavy atom. The third kappa shape index (κ3) is 3.77. The van der Waals surface area contributed by atoms with Crippen molar-refractivity contribution in [3.63, 3.8) is 0 Å². The molecule has 7 nitrogen and oxygen atoms in total. The van der Waals surface area contributed by atoms with E-state index in [0.29, 0.717) is 11.3 Å². The highest BCUT2D eigenvalue weighted by Crippen LogP contribution is 2.23. The zero-order valence-electron chi connectivity index (χ0n) is 14.6. The zero-order valence-corrected chi connectivity index (χ0v) is 14.6. The molecule has 1 N–H and O–H groups in total. The Kier molecular flexibility index (Phi) is 5.07. The number of carbonyl (C=O) groups is 2. The molecule has 7 heteroatoms. The summed E-state index contributed by atoms with van der Waals surface area (Å²) in [6.07, 6.45) is 4.97. The van der Waals surface area contributed by atoms with Gasteiger partial charge in [0.05, 0.1) is 17.8 Å². The number of rotatable bonds is 5. The predicted octanol–water partition coefficient (Wildman–Crippen LogP) is 1.75. The Bertz CT molecular complexity index is 904. The smallest absolute Gasteiger partial charge is 0.255 e. The Balaban J connectivity index is 1.96. The van der Waals surface area contributed by atoms with Gasteiger partial charge in [0.15, 0.2) is 0 Å². The molecule has 2 amide bonds. The highest BCUT2D eigenvalue weighted by Gasteiger charge is 2.19. The second-order valence-corrected chi connectivity index (χ2v) is 5.88. The molecule has 0 spiro atoms. The van der Waals surface area contributed by atoms with Crippen LogP contribution in [0.2, 0.25) is 0 Å². The van der Waals surface area contributed by atoms with Crippen molar-refractivity contribution in [1.29, 1.82) is 0 Å². The average molecular weight is 349 g/mol. The number of hydrogen-bond acceptors (Lipinski definition) is 4. The van der Waals surface area contributed by atoms with Gasteiger partial charge in [0, 0.05) is 38.2 Å². The summed E-state index contributed by atoms with van der Waals surface area (Å²) in [5.41, 5.74) is 2.46. The monoisotopic (exact) mass is 349 g/mol. The lowest BCUT2D eigenvalue weighted by Crippen LogP contribution is -2.36. The number of pyridine rings is 1. The van der Waals surface area contributed by atoms with Gasteiger partial charge in [0.2, 0.25) is 5.91 Å². The Morgan fingerprint density at radius 1 is 1.12 bits per heavy atom. The van der Waals surface area contributed by atoms with Gasteiger partial charge in [0.25, 0.3) is 5.91 Å². The van der Waals surface area contributed by atoms with Crippen LogP contribution < -0.4 is 5.32 Å². The maximum atomic E-state index is 12.7. The van der Waals surface area contributed by atoms with Crippen LogP contribution in [0.25, 0.3) is 16.9 Å². The van der Waals surface area contributed by atoms with Gasteiger partial charge in [-0.15, -0.1) is 0 Å². The van der Waals surface area contributed by atoms with E-state index in [0.717, 1.165) is 11.3 Å². The van der Waals surface area contributed by atoms with Crippen LogP contribution in [0.15, 0.2) is 61.1 Å². The van der Waals surface area contributed by atoms with Gasteiger partial charge in [0.1, 0.15) is 5.69 Å². The molecule has 3 rings (SSSR count). The van der Waals surface area contributed by atoms with Crippen LogP contribution in [-0.4, -0.2) is 52.1 Å². The summed E-state index contributed by atoms with van der Waals surface area (Å²) < 4.78 is 1.64. The fourth-order valence-corrected chi connectivity index (χ4v) is 2.38. The number of benzene rings is 1. The molecule has 26 heavy (non-hydrogen) atoms.